The zero-order valence-electron chi connectivity index (χ0n) is 8.88. The zero-order valence-corrected chi connectivity index (χ0v) is 8.88. The molecule has 14 heavy (non-hydrogen) atoms. The van der Waals surface area contributed by atoms with Crippen LogP contribution in [0.2, 0.25) is 0 Å². The van der Waals surface area contributed by atoms with Crippen molar-refractivity contribution in [2.24, 2.45) is 5.41 Å². The van der Waals surface area contributed by atoms with Crippen molar-refractivity contribution in [1.82, 2.24) is 0 Å². The van der Waals surface area contributed by atoms with E-state index in [4.69, 9.17) is 14.6 Å². The molecule has 3 nitrogen and oxygen atoms in total. The minimum atomic E-state index is -0.468. The van der Waals surface area contributed by atoms with Gasteiger partial charge in [-0.25, -0.2) is 0 Å². The number of rotatable bonds is 3. The molecule has 0 aromatic rings. The summed E-state index contributed by atoms with van der Waals surface area (Å²) in [5.41, 5.74) is 1.33. The number of aliphatic hydroxyl groups excluding tert-OH is 1. The summed E-state index contributed by atoms with van der Waals surface area (Å²) in [5.74, 6) is -0.468. The molecule has 1 aliphatic carbocycles. The maximum atomic E-state index is 8.70. The highest BCUT2D eigenvalue weighted by atomic mass is 16.7. The van der Waals surface area contributed by atoms with Crippen molar-refractivity contribution in [1.29, 1.82) is 0 Å². The molecule has 0 atom stereocenters. The topological polar surface area (TPSA) is 38.7 Å². The van der Waals surface area contributed by atoms with Gasteiger partial charge in [-0.15, -0.1) is 0 Å². The van der Waals surface area contributed by atoms with Gasteiger partial charge in [0, 0.05) is 12.0 Å². The molecule has 1 N–H and O–H groups in total. The maximum absolute atomic E-state index is 8.70. The van der Waals surface area contributed by atoms with Gasteiger partial charge in [0.1, 0.15) is 0 Å². The molecule has 0 amide bonds. The summed E-state index contributed by atoms with van der Waals surface area (Å²) >= 11 is 0. The Morgan fingerprint density at radius 2 is 2.00 bits per heavy atom. The second kappa shape index (κ2) is 3.33. The van der Waals surface area contributed by atoms with Crippen LogP contribution in [-0.4, -0.2) is 30.7 Å². The van der Waals surface area contributed by atoms with Gasteiger partial charge in [0.25, 0.3) is 0 Å². The number of aliphatic hydroxyl groups is 1. The lowest BCUT2D eigenvalue weighted by molar-refractivity contribution is -0.230. The lowest BCUT2D eigenvalue weighted by Gasteiger charge is -2.36. The van der Waals surface area contributed by atoms with E-state index in [0.717, 1.165) is 26.1 Å². The van der Waals surface area contributed by atoms with Gasteiger partial charge in [-0.1, -0.05) is 13.8 Å². The van der Waals surface area contributed by atoms with Crippen LogP contribution in [0.15, 0.2) is 11.6 Å². The first-order valence-corrected chi connectivity index (χ1v) is 5.19. The standard InChI is InChI=1S/C11H18O3/c1-10(2)7-13-11(14-8-10)6-9(11)4-3-5-12/h6,12H,3-5,7-8H2,1-2H3. The molecule has 80 valence electrons. The Morgan fingerprint density at radius 1 is 1.36 bits per heavy atom. The van der Waals surface area contributed by atoms with Gasteiger partial charge in [0.15, 0.2) is 0 Å². The van der Waals surface area contributed by atoms with Crippen molar-refractivity contribution >= 4 is 0 Å². The molecule has 1 spiro atoms. The van der Waals surface area contributed by atoms with E-state index in [-0.39, 0.29) is 12.0 Å². The second-order valence-electron chi connectivity index (χ2n) is 4.91. The highest BCUT2D eigenvalue weighted by Gasteiger charge is 2.50. The lowest BCUT2D eigenvalue weighted by atomic mass is 9.95. The van der Waals surface area contributed by atoms with Crippen LogP contribution >= 0.6 is 0 Å². The molecule has 0 radical (unpaired) electrons. The summed E-state index contributed by atoms with van der Waals surface area (Å²) in [5, 5.41) is 8.70. The summed E-state index contributed by atoms with van der Waals surface area (Å²) < 4.78 is 11.4. The Hall–Kier alpha value is -0.380. The molecule has 1 saturated heterocycles. The van der Waals surface area contributed by atoms with Crippen LogP contribution in [0.25, 0.3) is 0 Å². The highest BCUT2D eigenvalue weighted by Crippen LogP contribution is 2.46. The maximum Gasteiger partial charge on any atom is 0.211 e. The molecule has 0 aromatic carbocycles. The molecule has 2 rings (SSSR count). The monoisotopic (exact) mass is 198 g/mol. The fourth-order valence-corrected chi connectivity index (χ4v) is 1.67. The van der Waals surface area contributed by atoms with Crippen LogP contribution in [0, 0.1) is 5.41 Å². The predicted molar refractivity (Wildman–Crippen MR) is 52.8 cm³/mol. The fourth-order valence-electron chi connectivity index (χ4n) is 1.67. The van der Waals surface area contributed by atoms with Crippen molar-refractivity contribution < 1.29 is 14.6 Å². The quantitative estimate of drug-likeness (QED) is 0.698. The Kier molecular flexibility index (Phi) is 2.41. The van der Waals surface area contributed by atoms with Crippen molar-refractivity contribution in [2.75, 3.05) is 19.8 Å². The van der Waals surface area contributed by atoms with E-state index >= 15 is 0 Å². The van der Waals surface area contributed by atoms with Crippen LogP contribution in [0.1, 0.15) is 26.7 Å². The molecule has 1 heterocycles. The van der Waals surface area contributed by atoms with E-state index in [0.29, 0.717) is 0 Å². The number of ether oxygens (including phenoxy) is 2. The Morgan fingerprint density at radius 3 is 2.57 bits per heavy atom. The van der Waals surface area contributed by atoms with Gasteiger partial charge in [0.2, 0.25) is 5.79 Å². The van der Waals surface area contributed by atoms with E-state index in [9.17, 15) is 0 Å². The van der Waals surface area contributed by atoms with Crippen LogP contribution in [0.3, 0.4) is 0 Å². The average Bonchev–Trinajstić information content (AvgIpc) is 2.82. The van der Waals surface area contributed by atoms with E-state index in [2.05, 4.69) is 13.8 Å². The van der Waals surface area contributed by atoms with Crippen molar-refractivity contribution in [2.45, 2.75) is 32.5 Å². The summed E-state index contributed by atoms with van der Waals surface area (Å²) in [6.45, 7) is 5.99. The van der Waals surface area contributed by atoms with Crippen LogP contribution in [0.4, 0.5) is 0 Å². The minimum Gasteiger partial charge on any atom is -0.396 e. The summed E-state index contributed by atoms with van der Waals surface area (Å²) in [7, 11) is 0. The van der Waals surface area contributed by atoms with Gasteiger partial charge < -0.3 is 14.6 Å². The van der Waals surface area contributed by atoms with E-state index in [1.807, 2.05) is 6.08 Å². The van der Waals surface area contributed by atoms with Crippen LogP contribution < -0.4 is 0 Å². The average molecular weight is 198 g/mol. The number of hydrogen-bond acceptors (Lipinski definition) is 3. The fraction of sp³-hybridized carbons (Fsp3) is 0.818. The summed E-state index contributed by atoms with van der Waals surface area (Å²) in [4.78, 5) is 0. The Bertz CT molecular complexity index is 245. The van der Waals surface area contributed by atoms with E-state index in [1.54, 1.807) is 0 Å². The molecule has 2 aliphatic rings. The minimum absolute atomic E-state index is 0.129. The van der Waals surface area contributed by atoms with E-state index < -0.39 is 5.79 Å². The smallest absolute Gasteiger partial charge is 0.211 e. The van der Waals surface area contributed by atoms with Gasteiger partial charge in [-0.3, -0.25) is 0 Å². The lowest BCUT2D eigenvalue weighted by Crippen LogP contribution is -2.40. The highest BCUT2D eigenvalue weighted by molar-refractivity contribution is 5.39. The second-order valence-corrected chi connectivity index (χ2v) is 4.91. The third-order valence-corrected chi connectivity index (χ3v) is 2.69. The van der Waals surface area contributed by atoms with Crippen molar-refractivity contribution in [3.63, 3.8) is 0 Å². The summed E-state index contributed by atoms with van der Waals surface area (Å²) in [6.07, 6.45) is 3.71. The third kappa shape index (κ3) is 1.85. The third-order valence-electron chi connectivity index (χ3n) is 2.69. The van der Waals surface area contributed by atoms with Crippen molar-refractivity contribution in [3.8, 4) is 0 Å². The Balaban J connectivity index is 1.81. The molecular weight excluding hydrogens is 180 g/mol. The molecule has 1 aliphatic heterocycles. The van der Waals surface area contributed by atoms with Crippen molar-refractivity contribution in [3.05, 3.63) is 11.6 Å². The summed E-state index contributed by atoms with van der Waals surface area (Å²) in [6, 6.07) is 0. The molecule has 0 unspecified atom stereocenters. The largest absolute Gasteiger partial charge is 0.396 e. The molecule has 0 bridgehead atoms. The number of hydrogen-bond donors (Lipinski definition) is 1. The van der Waals surface area contributed by atoms with Gasteiger partial charge in [-0.05, 0) is 24.5 Å². The SMILES string of the molecule is CC1(C)COC2(C=C2CCCO)OC1. The first-order chi connectivity index (χ1) is 6.58. The van der Waals surface area contributed by atoms with Crippen LogP contribution in [0.5, 0.6) is 0 Å². The van der Waals surface area contributed by atoms with Gasteiger partial charge >= 0.3 is 0 Å². The molecular formula is C11H18O3. The first kappa shape index (κ1) is 10.1. The van der Waals surface area contributed by atoms with Crippen LogP contribution in [-0.2, 0) is 9.47 Å². The Labute approximate surface area is 84.7 Å². The van der Waals surface area contributed by atoms with E-state index in [1.165, 1.54) is 5.57 Å². The predicted octanol–water partition coefficient (Wildman–Crippen LogP) is 1.47. The molecule has 0 saturated carbocycles. The molecule has 0 aromatic heterocycles. The first-order valence-electron chi connectivity index (χ1n) is 5.19. The van der Waals surface area contributed by atoms with Gasteiger partial charge in [-0.2, -0.15) is 0 Å². The zero-order chi connectivity index (χ0) is 10.2. The molecule has 3 heteroatoms. The van der Waals surface area contributed by atoms with Gasteiger partial charge in [0.05, 0.1) is 13.2 Å². The molecule has 1 fully saturated rings. The normalized spacial score (nSPS) is 27.5.